The highest BCUT2D eigenvalue weighted by atomic mass is 16.2. The molecular weight excluding hydrogens is 226 g/mol. The summed E-state index contributed by atoms with van der Waals surface area (Å²) in [6.45, 7) is 6.62. The van der Waals surface area contributed by atoms with Crippen LogP contribution < -0.4 is 5.32 Å². The van der Waals surface area contributed by atoms with Crippen LogP contribution in [-0.2, 0) is 4.79 Å². The van der Waals surface area contributed by atoms with Crippen molar-refractivity contribution in [3.05, 3.63) is 0 Å². The first-order valence-corrected chi connectivity index (χ1v) is 6.97. The highest BCUT2D eigenvalue weighted by Crippen LogP contribution is 2.27. The van der Waals surface area contributed by atoms with E-state index in [0.29, 0.717) is 11.9 Å². The summed E-state index contributed by atoms with van der Waals surface area (Å²) in [6.07, 6.45) is 3.93. The Kier molecular flexibility index (Phi) is 3.91. The van der Waals surface area contributed by atoms with E-state index in [1.165, 1.54) is 0 Å². The van der Waals surface area contributed by atoms with Crippen molar-refractivity contribution in [2.24, 2.45) is 11.3 Å². The van der Waals surface area contributed by atoms with Crippen LogP contribution in [0.2, 0.25) is 0 Å². The van der Waals surface area contributed by atoms with Crippen LogP contribution in [0.15, 0.2) is 0 Å². The van der Waals surface area contributed by atoms with Gasteiger partial charge in [-0.05, 0) is 46.1 Å². The van der Waals surface area contributed by atoms with E-state index in [2.05, 4.69) is 11.4 Å². The lowest BCUT2D eigenvalue weighted by Crippen LogP contribution is -2.41. The third-order valence-electron chi connectivity index (χ3n) is 4.16. The van der Waals surface area contributed by atoms with Crippen LogP contribution in [0.3, 0.4) is 0 Å². The molecule has 4 nitrogen and oxygen atoms in total. The van der Waals surface area contributed by atoms with Crippen LogP contribution in [0.25, 0.3) is 0 Å². The number of nitrogens with one attached hydrogen (secondary N) is 1. The zero-order valence-corrected chi connectivity index (χ0v) is 11.4. The lowest BCUT2D eigenvalue weighted by atomic mass is 9.90. The molecule has 1 N–H and O–H groups in total. The molecule has 0 spiro atoms. The van der Waals surface area contributed by atoms with Crippen molar-refractivity contribution >= 4 is 5.91 Å². The van der Waals surface area contributed by atoms with E-state index in [4.69, 9.17) is 5.26 Å². The van der Waals surface area contributed by atoms with E-state index in [1.807, 2.05) is 18.7 Å². The second-order valence-corrected chi connectivity index (χ2v) is 6.19. The Balaban J connectivity index is 1.81. The number of nitriles is 1. The maximum Gasteiger partial charge on any atom is 0.227 e. The second-order valence-electron chi connectivity index (χ2n) is 6.19. The number of nitrogens with zero attached hydrogens (tertiary/aromatic N) is 2. The lowest BCUT2D eigenvalue weighted by Gasteiger charge is -2.23. The zero-order chi connectivity index (χ0) is 13.2. The minimum Gasteiger partial charge on any atom is -0.341 e. The smallest absolute Gasteiger partial charge is 0.227 e. The van der Waals surface area contributed by atoms with Gasteiger partial charge in [0.1, 0.15) is 0 Å². The largest absolute Gasteiger partial charge is 0.341 e. The van der Waals surface area contributed by atoms with Crippen molar-refractivity contribution in [1.82, 2.24) is 10.2 Å². The first kappa shape index (κ1) is 13.4. The van der Waals surface area contributed by atoms with E-state index in [-0.39, 0.29) is 11.3 Å². The molecule has 2 fully saturated rings. The molecule has 18 heavy (non-hydrogen) atoms. The summed E-state index contributed by atoms with van der Waals surface area (Å²) < 4.78 is 0. The van der Waals surface area contributed by atoms with Crippen molar-refractivity contribution in [3.63, 3.8) is 0 Å². The molecule has 2 heterocycles. The first-order chi connectivity index (χ1) is 8.53. The number of hydrogen-bond acceptors (Lipinski definition) is 3. The Morgan fingerprint density at radius 2 is 2.33 bits per heavy atom. The minimum absolute atomic E-state index is 0.211. The minimum atomic E-state index is -0.270. The van der Waals surface area contributed by atoms with Gasteiger partial charge in [0, 0.05) is 19.1 Å². The molecule has 2 aliphatic rings. The molecule has 0 bridgehead atoms. The molecular formula is C14H23N3O. The summed E-state index contributed by atoms with van der Waals surface area (Å²) in [6, 6.07) is 2.68. The van der Waals surface area contributed by atoms with Gasteiger partial charge in [-0.2, -0.15) is 5.26 Å². The Bertz CT molecular complexity index is 359. The number of fused-ring (bicyclic) bond motifs is 1. The highest BCUT2D eigenvalue weighted by Gasteiger charge is 2.40. The van der Waals surface area contributed by atoms with Crippen LogP contribution >= 0.6 is 0 Å². The maximum absolute atomic E-state index is 12.2. The topological polar surface area (TPSA) is 56.1 Å². The van der Waals surface area contributed by atoms with Crippen LogP contribution in [0.5, 0.6) is 0 Å². The number of carbonyl (C=O) groups is 1. The third-order valence-corrected chi connectivity index (χ3v) is 4.16. The fourth-order valence-electron chi connectivity index (χ4n) is 2.97. The number of hydrogen-bond donors (Lipinski definition) is 1. The standard InChI is InChI=1S/C14H23N3O/c1-14(2,10-15)6-4-8-17-9-12-11(13(17)18)5-3-7-16-12/h11-12,16H,3-9H2,1-2H3. The summed E-state index contributed by atoms with van der Waals surface area (Å²) >= 11 is 0. The number of amides is 1. The Labute approximate surface area is 109 Å². The van der Waals surface area contributed by atoms with Crippen LogP contribution in [0, 0.1) is 22.7 Å². The van der Waals surface area contributed by atoms with Crippen LogP contribution in [0.1, 0.15) is 39.5 Å². The van der Waals surface area contributed by atoms with Crippen molar-refractivity contribution < 1.29 is 4.79 Å². The van der Waals surface area contributed by atoms with Crippen molar-refractivity contribution in [2.45, 2.75) is 45.6 Å². The fourth-order valence-corrected chi connectivity index (χ4v) is 2.97. The van der Waals surface area contributed by atoms with Gasteiger partial charge in [-0.25, -0.2) is 0 Å². The number of rotatable bonds is 4. The molecule has 2 unspecified atom stereocenters. The highest BCUT2D eigenvalue weighted by molar-refractivity contribution is 5.82. The molecule has 0 saturated carbocycles. The Hall–Kier alpha value is -1.08. The summed E-state index contributed by atoms with van der Waals surface area (Å²) in [7, 11) is 0. The van der Waals surface area contributed by atoms with Gasteiger partial charge in [0.2, 0.25) is 5.91 Å². The van der Waals surface area contributed by atoms with Crippen LogP contribution in [-0.4, -0.2) is 36.5 Å². The second kappa shape index (κ2) is 5.27. The summed E-state index contributed by atoms with van der Waals surface area (Å²) in [5.74, 6) is 0.532. The van der Waals surface area contributed by atoms with Gasteiger partial charge in [0.25, 0.3) is 0 Å². The molecule has 0 aromatic carbocycles. The van der Waals surface area contributed by atoms with Crippen molar-refractivity contribution in [1.29, 1.82) is 5.26 Å². The molecule has 0 aromatic heterocycles. The zero-order valence-electron chi connectivity index (χ0n) is 11.4. The van der Waals surface area contributed by atoms with Gasteiger partial charge < -0.3 is 10.2 Å². The van der Waals surface area contributed by atoms with Gasteiger partial charge in [-0.3, -0.25) is 4.79 Å². The maximum atomic E-state index is 12.2. The predicted octanol–water partition coefficient (Wildman–Crippen LogP) is 1.53. The molecule has 2 atom stereocenters. The summed E-state index contributed by atoms with van der Waals surface area (Å²) in [5, 5.41) is 12.4. The SMILES string of the molecule is CC(C)(C#N)CCCN1CC2NCCCC2C1=O. The van der Waals surface area contributed by atoms with E-state index in [0.717, 1.165) is 45.3 Å². The Morgan fingerprint density at radius 1 is 1.56 bits per heavy atom. The molecule has 0 radical (unpaired) electrons. The van der Waals surface area contributed by atoms with E-state index in [9.17, 15) is 4.79 Å². The monoisotopic (exact) mass is 249 g/mol. The van der Waals surface area contributed by atoms with Gasteiger partial charge in [-0.1, -0.05) is 0 Å². The average Bonchev–Trinajstić information content (AvgIpc) is 2.67. The molecule has 4 heteroatoms. The number of likely N-dealkylation sites (tertiary alicyclic amines) is 1. The fraction of sp³-hybridized carbons (Fsp3) is 0.857. The first-order valence-electron chi connectivity index (χ1n) is 6.97. The van der Waals surface area contributed by atoms with Gasteiger partial charge in [0.05, 0.1) is 17.4 Å². The average molecular weight is 249 g/mol. The van der Waals surface area contributed by atoms with Gasteiger partial charge in [0.15, 0.2) is 0 Å². The van der Waals surface area contributed by atoms with Crippen molar-refractivity contribution in [3.8, 4) is 6.07 Å². The predicted molar refractivity (Wildman–Crippen MR) is 69.7 cm³/mol. The molecule has 2 rings (SSSR count). The van der Waals surface area contributed by atoms with E-state index >= 15 is 0 Å². The van der Waals surface area contributed by atoms with E-state index < -0.39 is 0 Å². The molecule has 0 aliphatic carbocycles. The third kappa shape index (κ3) is 2.84. The number of piperidine rings is 1. The van der Waals surface area contributed by atoms with Gasteiger partial charge in [-0.15, -0.1) is 0 Å². The molecule has 0 aromatic rings. The molecule has 100 valence electrons. The quantitative estimate of drug-likeness (QED) is 0.822. The number of carbonyl (C=O) groups excluding carboxylic acids is 1. The molecule has 2 saturated heterocycles. The van der Waals surface area contributed by atoms with Crippen LogP contribution in [0.4, 0.5) is 0 Å². The van der Waals surface area contributed by atoms with E-state index in [1.54, 1.807) is 0 Å². The van der Waals surface area contributed by atoms with Gasteiger partial charge >= 0.3 is 0 Å². The molecule has 1 amide bonds. The lowest BCUT2D eigenvalue weighted by molar-refractivity contribution is -0.131. The summed E-state index contributed by atoms with van der Waals surface area (Å²) in [4.78, 5) is 14.2. The van der Waals surface area contributed by atoms with Crippen molar-refractivity contribution in [2.75, 3.05) is 19.6 Å². The normalized spacial score (nSPS) is 28.1. The summed E-state index contributed by atoms with van der Waals surface area (Å²) in [5.41, 5.74) is -0.270. The molecule has 2 aliphatic heterocycles. The Morgan fingerprint density at radius 3 is 3.00 bits per heavy atom.